The van der Waals surface area contributed by atoms with E-state index in [4.69, 9.17) is 5.11 Å². The lowest BCUT2D eigenvalue weighted by Gasteiger charge is -2.11. The maximum absolute atomic E-state index is 12.1. The van der Waals surface area contributed by atoms with Crippen LogP contribution in [0.2, 0.25) is 0 Å². The number of carboxylic acid groups (broad SMARTS) is 1. The molecule has 0 unspecified atom stereocenters. The molecule has 0 atom stereocenters. The third kappa shape index (κ3) is 4.61. The first-order valence-corrected chi connectivity index (χ1v) is 7.95. The molecule has 0 bridgehead atoms. The van der Waals surface area contributed by atoms with E-state index < -0.39 is 16.0 Å². The Balaban J connectivity index is 2.19. The number of carbonyl (C=O) groups is 1. The standard InChI is InChI=1S/C15H15NO4S/c17-15(18)10-13-8-4-5-9-14(13)16-21(19,20)11-12-6-2-1-3-7-12/h1-9,16H,10-11H2,(H,17,18). The summed E-state index contributed by atoms with van der Waals surface area (Å²) in [5.41, 5.74) is 1.40. The molecule has 110 valence electrons. The molecule has 0 fully saturated rings. The van der Waals surface area contributed by atoms with E-state index in [1.807, 2.05) is 6.07 Å². The molecule has 6 heteroatoms. The van der Waals surface area contributed by atoms with E-state index in [2.05, 4.69) is 4.72 Å². The molecule has 0 saturated heterocycles. The zero-order chi connectivity index (χ0) is 15.3. The number of anilines is 1. The molecule has 2 aromatic rings. The summed E-state index contributed by atoms with van der Waals surface area (Å²) in [7, 11) is -3.59. The first-order chi connectivity index (χ1) is 9.96. The molecule has 2 rings (SSSR count). The molecule has 0 aliphatic heterocycles. The van der Waals surface area contributed by atoms with Crippen molar-refractivity contribution in [2.75, 3.05) is 4.72 Å². The van der Waals surface area contributed by atoms with Crippen LogP contribution >= 0.6 is 0 Å². The van der Waals surface area contributed by atoms with Crippen LogP contribution in [0.4, 0.5) is 5.69 Å². The Labute approximate surface area is 123 Å². The van der Waals surface area contributed by atoms with Crippen LogP contribution in [0.3, 0.4) is 0 Å². The number of benzene rings is 2. The Morgan fingerprint density at radius 1 is 1.00 bits per heavy atom. The molecule has 0 aromatic heterocycles. The van der Waals surface area contributed by atoms with Gasteiger partial charge in [0.25, 0.3) is 0 Å². The molecule has 0 aliphatic carbocycles. The summed E-state index contributed by atoms with van der Waals surface area (Å²) in [4.78, 5) is 10.8. The summed E-state index contributed by atoms with van der Waals surface area (Å²) in [6.45, 7) is 0. The SMILES string of the molecule is O=C(O)Cc1ccccc1NS(=O)(=O)Cc1ccccc1. The summed E-state index contributed by atoms with van der Waals surface area (Å²) in [5, 5.41) is 8.85. The van der Waals surface area contributed by atoms with Gasteiger partial charge in [-0.25, -0.2) is 8.42 Å². The molecule has 21 heavy (non-hydrogen) atoms. The molecule has 0 amide bonds. The molecular weight excluding hydrogens is 290 g/mol. The summed E-state index contributed by atoms with van der Waals surface area (Å²) in [5.74, 6) is -1.17. The second-order valence-electron chi connectivity index (χ2n) is 4.57. The first-order valence-electron chi connectivity index (χ1n) is 6.30. The van der Waals surface area contributed by atoms with Gasteiger partial charge in [0.1, 0.15) is 0 Å². The van der Waals surface area contributed by atoms with Crippen molar-refractivity contribution in [1.82, 2.24) is 0 Å². The normalized spacial score (nSPS) is 11.0. The van der Waals surface area contributed by atoms with Gasteiger partial charge < -0.3 is 5.11 Å². The molecule has 0 radical (unpaired) electrons. The van der Waals surface area contributed by atoms with Gasteiger partial charge in [-0.2, -0.15) is 0 Å². The van der Waals surface area contributed by atoms with Crippen LogP contribution in [0, 0.1) is 0 Å². The fraction of sp³-hybridized carbons (Fsp3) is 0.133. The number of para-hydroxylation sites is 1. The Morgan fingerprint density at radius 2 is 1.62 bits per heavy atom. The molecule has 0 aliphatic rings. The van der Waals surface area contributed by atoms with Crippen molar-refractivity contribution < 1.29 is 18.3 Å². The van der Waals surface area contributed by atoms with E-state index in [0.29, 0.717) is 16.8 Å². The number of aliphatic carboxylic acids is 1. The maximum Gasteiger partial charge on any atom is 0.307 e. The van der Waals surface area contributed by atoms with Gasteiger partial charge in [0.2, 0.25) is 10.0 Å². The van der Waals surface area contributed by atoms with E-state index >= 15 is 0 Å². The number of carboxylic acids is 1. The van der Waals surface area contributed by atoms with E-state index in [1.165, 1.54) is 0 Å². The van der Waals surface area contributed by atoms with Crippen LogP contribution in [0.15, 0.2) is 54.6 Å². The highest BCUT2D eigenvalue weighted by atomic mass is 32.2. The van der Waals surface area contributed by atoms with Crippen LogP contribution in [0.5, 0.6) is 0 Å². The zero-order valence-electron chi connectivity index (χ0n) is 11.2. The van der Waals surface area contributed by atoms with Gasteiger partial charge in [-0.15, -0.1) is 0 Å². The topological polar surface area (TPSA) is 83.5 Å². The van der Waals surface area contributed by atoms with E-state index in [0.717, 1.165) is 0 Å². The maximum atomic E-state index is 12.1. The average Bonchev–Trinajstić information content (AvgIpc) is 2.41. The van der Waals surface area contributed by atoms with Crippen molar-refractivity contribution in [3.8, 4) is 0 Å². The van der Waals surface area contributed by atoms with Gasteiger partial charge in [0.05, 0.1) is 17.9 Å². The van der Waals surface area contributed by atoms with Crippen molar-refractivity contribution in [2.24, 2.45) is 0 Å². The van der Waals surface area contributed by atoms with Crippen LogP contribution in [0.25, 0.3) is 0 Å². The molecule has 2 N–H and O–H groups in total. The summed E-state index contributed by atoms with van der Waals surface area (Å²) in [6.07, 6.45) is -0.232. The second kappa shape index (κ2) is 6.41. The quantitative estimate of drug-likeness (QED) is 0.857. The summed E-state index contributed by atoms with van der Waals surface area (Å²) in [6, 6.07) is 15.3. The monoisotopic (exact) mass is 305 g/mol. The number of nitrogens with one attached hydrogen (secondary N) is 1. The third-order valence-electron chi connectivity index (χ3n) is 2.82. The van der Waals surface area contributed by atoms with Crippen LogP contribution in [0.1, 0.15) is 11.1 Å². The number of hydrogen-bond acceptors (Lipinski definition) is 3. The Hall–Kier alpha value is -2.34. The van der Waals surface area contributed by atoms with Crippen LogP contribution in [-0.4, -0.2) is 19.5 Å². The van der Waals surface area contributed by atoms with Crippen molar-refractivity contribution in [2.45, 2.75) is 12.2 Å². The number of hydrogen-bond donors (Lipinski definition) is 2. The Morgan fingerprint density at radius 3 is 2.29 bits per heavy atom. The molecule has 0 heterocycles. The van der Waals surface area contributed by atoms with Crippen molar-refractivity contribution >= 4 is 21.7 Å². The molecular formula is C15H15NO4S. The van der Waals surface area contributed by atoms with Crippen LogP contribution < -0.4 is 4.72 Å². The van der Waals surface area contributed by atoms with Gasteiger partial charge in [-0.3, -0.25) is 9.52 Å². The molecule has 2 aromatic carbocycles. The predicted molar refractivity (Wildman–Crippen MR) is 80.5 cm³/mol. The average molecular weight is 305 g/mol. The van der Waals surface area contributed by atoms with Crippen LogP contribution in [-0.2, 0) is 27.0 Å². The minimum absolute atomic E-state index is 0.157. The van der Waals surface area contributed by atoms with Gasteiger partial charge in [-0.1, -0.05) is 48.5 Å². The Bertz CT molecular complexity index is 726. The minimum atomic E-state index is -3.59. The minimum Gasteiger partial charge on any atom is -0.481 e. The van der Waals surface area contributed by atoms with Gasteiger partial charge in [0, 0.05) is 0 Å². The van der Waals surface area contributed by atoms with E-state index in [9.17, 15) is 13.2 Å². The number of sulfonamides is 1. The lowest BCUT2D eigenvalue weighted by atomic mass is 10.1. The highest BCUT2D eigenvalue weighted by Gasteiger charge is 2.14. The van der Waals surface area contributed by atoms with Crippen molar-refractivity contribution in [1.29, 1.82) is 0 Å². The summed E-state index contributed by atoms with van der Waals surface area (Å²) < 4.78 is 26.7. The van der Waals surface area contributed by atoms with Gasteiger partial charge in [-0.05, 0) is 17.2 Å². The summed E-state index contributed by atoms with van der Waals surface area (Å²) >= 11 is 0. The highest BCUT2D eigenvalue weighted by molar-refractivity contribution is 7.91. The van der Waals surface area contributed by atoms with Gasteiger partial charge >= 0.3 is 5.97 Å². The largest absolute Gasteiger partial charge is 0.481 e. The van der Waals surface area contributed by atoms with E-state index in [-0.39, 0.29) is 12.2 Å². The lowest BCUT2D eigenvalue weighted by Crippen LogP contribution is -2.16. The second-order valence-corrected chi connectivity index (χ2v) is 6.30. The smallest absolute Gasteiger partial charge is 0.307 e. The third-order valence-corrected chi connectivity index (χ3v) is 4.07. The van der Waals surface area contributed by atoms with Crippen molar-refractivity contribution in [3.05, 3.63) is 65.7 Å². The number of rotatable bonds is 6. The van der Waals surface area contributed by atoms with Crippen molar-refractivity contribution in [3.63, 3.8) is 0 Å². The molecule has 0 saturated carbocycles. The van der Waals surface area contributed by atoms with Gasteiger partial charge in [0.15, 0.2) is 0 Å². The highest BCUT2D eigenvalue weighted by Crippen LogP contribution is 2.18. The fourth-order valence-corrected chi connectivity index (χ4v) is 3.17. The molecule has 0 spiro atoms. The van der Waals surface area contributed by atoms with E-state index in [1.54, 1.807) is 48.5 Å². The lowest BCUT2D eigenvalue weighted by molar-refractivity contribution is -0.136. The molecule has 5 nitrogen and oxygen atoms in total. The predicted octanol–water partition coefficient (Wildman–Crippen LogP) is 2.26. The Kier molecular flexibility index (Phi) is 4.59. The zero-order valence-corrected chi connectivity index (χ0v) is 12.0. The first kappa shape index (κ1) is 15.1. The fourth-order valence-electron chi connectivity index (χ4n) is 1.93.